The number of carbonyl (C=O) groups excluding carboxylic acids is 1. The van der Waals surface area contributed by atoms with Crippen molar-refractivity contribution in [3.63, 3.8) is 0 Å². The van der Waals surface area contributed by atoms with Gasteiger partial charge >= 0.3 is 0 Å². The molecule has 3 aromatic rings. The summed E-state index contributed by atoms with van der Waals surface area (Å²) in [5, 5.41) is 3.96. The minimum Gasteiger partial charge on any atom is -0.341 e. The summed E-state index contributed by atoms with van der Waals surface area (Å²) >= 11 is 5.82. The summed E-state index contributed by atoms with van der Waals surface area (Å²) in [7, 11) is 0. The fourth-order valence-corrected chi connectivity index (χ4v) is 3.67. The van der Waals surface area contributed by atoms with Crippen molar-refractivity contribution >= 4 is 17.5 Å². The van der Waals surface area contributed by atoms with Gasteiger partial charge in [0.05, 0.1) is 10.9 Å². The summed E-state index contributed by atoms with van der Waals surface area (Å²) in [4.78, 5) is 18.7. The molecule has 7 heteroatoms. The van der Waals surface area contributed by atoms with Gasteiger partial charge in [-0.05, 0) is 29.7 Å². The van der Waals surface area contributed by atoms with Gasteiger partial charge in [0.25, 0.3) is 0 Å². The highest BCUT2D eigenvalue weighted by Gasteiger charge is 2.35. The second-order valence-corrected chi connectivity index (χ2v) is 7.50. The van der Waals surface area contributed by atoms with Crippen LogP contribution in [0.3, 0.4) is 0 Å². The Balaban J connectivity index is 1.45. The molecule has 2 atom stereocenters. The van der Waals surface area contributed by atoms with Gasteiger partial charge in [0.1, 0.15) is 5.82 Å². The first kappa shape index (κ1) is 18.6. The molecule has 0 N–H and O–H groups in total. The average Bonchev–Trinajstić information content (AvgIpc) is 3.32. The molecular formula is C21H19ClFN3O2. The molecule has 1 amide bonds. The van der Waals surface area contributed by atoms with Crippen LogP contribution in [0.4, 0.5) is 4.39 Å². The zero-order chi connectivity index (χ0) is 19.7. The molecule has 2 aromatic carbocycles. The lowest BCUT2D eigenvalue weighted by atomic mass is 10.0. The van der Waals surface area contributed by atoms with Crippen LogP contribution >= 0.6 is 11.6 Å². The Bertz CT molecular complexity index is 992. The molecule has 0 spiro atoms. The van der Waals surface area contributed by atoms with E-state index in [4.69, 9.17) is 16.1 Å². The number of rotatable bonds is 5. The second kappa shape index (κ2) is 7.72. The van der Waals surface area contributed by atoms with Crippen molar-refractivity contribution in [3.05, 3.63) is 70.8 Å². The van der Waals surface area contributed by atoms with Gasteiger partial charge in [0.2, 0.25) is 17.6 Å². The van der Waals surface area contributed by atoms with Gasteiger partial charge < -0.3 is 9.42 Å². The molecule has 1 fully saturated rings. The Morgan fingerprint density at radius 3 is 2.82 bits per heavy atom. The average molecular weight is 400 g/mol. The van der Waals surface area contributed by atoms with Crippen molar-refractivity contribution in [2.24, 2.45) is 0 Å². The van der Waals surface area contributed by atoms with Crippen LogP contribution in [0.15, 0.2) is 53.1 Å². The van der Waals surface area contributed by atoms with Crippen LogP contribution in [0.5, 0.6) is 0 Å². The van der Waals surface area contributed by atoms with Crippen LogP contribution in [-0.4, -0.2) is 34.0 Å². The normalized spacial score (nSPS) is 17.9. The number of aromatic nitrogens is 2. The van der Waals surface area contributed by atoms with Gasteiger partial charge in [-0.1, -0.05) is 54.0 Å². The summed E-state index contributed by atoms with van der Waals surface area (Å²) in [5.41, 5.74) is 1.77. The number of carbonyl (C=O) groups is 1. The number of benzene rings is 2. The van der Waals surface area contributed by atoms with Crippen molar-refractivity contribution in [2.75, 3.05) is 13.1 Å². The summed E-state index contributed by atoms with van der Waals surface area (Å²) in [6.07, 6.45) is 0.341. The number of nitrogens with zero attached hydrogens (tertiary/aromatic N) is 3. The predicted molar refractivity (Wildman–Crippen MR) is 103 cm³/mol. The Morgan fingerprint density at radius 1 is 1.29 bits per heavy atom. The number of amides is 1. The fourth-order valence-electron chi connectivity index (χ4n) is 3.49. The molecule has 1 aromatic heterocycles. The first-order chi connectivity index (χ1) is 13.5. The van der Waals surface area contributed by atoms with Crippen molar-refractivity contribution in [1.29, 1.82) is 0 Å². The summed E-state index contributed by atoms with van der Waals surface area (Å²) < 4.78 is 18.7. The molecule has 0 radical (unpaired) electrons. The third-order valence-electron chi connectivity index (χ3n) is 5.05. The molecule has 0 saturated carbocycles. The molecule has 1 saturated heterocycles. The van der Waals surface area contributed by atoms with Gasteiger partial charge in [-0.2, -0.15) is 4.98 Å². The minimum atomic E-state index is -0.501. The maximum Gasteiger partial charge on any atom is 0.232 e. The maximum atomic E-state index is 13.3. The van der Waals surface area contributed by atoms with Crippen LogP contribution in [0.25, 0.3) is 11.4 Å². The van der Waals surface area contributed by atoms with Crippen LogP contribution < -0.4 is 0 Å². The van der Waals surface area contributed by atoms with Gasteiger partial charge in [-0.25, -0.2) is 4.39 Å². The molecule has 144 valence electrons. The quantitative estimate of drug-likeness (QED) is 0.626. The Morgan fingerprint density at radius 2 is 2.07 bits per heavy atom. The molecular weight excluding hydrogens is 381 g/mol. The van der Waals surface area contributed by atoms with Crippen LogP contribution in [0.1, 0.15) is 36.6 Å². The lowest BCUT2D eigenvalue weighted by Gasteiger charge is -2.21. The lowest BCUT2D eigenvalue weighted by molar-refractivity contribution is -0.127. The van der Waals surface area contributed by atoms with Gasteiger partial charge in [0.15, 0.2) is 0 Å². The zero-order valence-corrected chi connectivity index (χ0v) is 16.1. The molecule has 28 heavy (non-hydrogen) atoms. The van der Waals surface area contributed by atoms with Gasteiger partial charge in [-0.15, -0.1) is 0 Å². The second-order valence-electron chi connectivity index (χ2n) is 7.10. The number of likely N-dealkylation sites (tertiary alicyclic amines) is 1. The molecule has 2 heterocycles. The van der Waals surface area contributed by atoms with Crippen LogP contribution in [-0.2, 0) is 4.79 Å². The Labute approximate surface area is 167 Å². The van der Waals surface area contributed by atoms with E-state index in [0.717, 1.165) is 0 Å². The molecule has 1 aliphatic heterocycles. The first-order valence-electron chi connectivity index (χ1n) is 9.13. The molecule has 2 unspecified atom stereocenters. The van der Waals surface area contributed by atoms with Crippen LogP contribution in [0, 0.1) is 5.82 Å². The topological polar surface area (TPSA) is 59.2 Å². The predicted octanol–water partition coefficient (Wildman–Crippen LogP) is 4.65. The summed E-state index contributed by atoms with van der Waals surface area (Å²) in [5.74, 6) is 0.423. The highest BCUT2D eigenvalue weighted by Crippen LogP contribution is 2.31. The summed E-state index contributed by atoms with van der Waals surface area (Å²) in [6.45, 7) is 3.30. The maximum absolute atomic E-state index is 13.3. The van der Waals surface area contributed by atoms with E-state index in [2.05, 4.69) is 29.2 Å². The van der Waals surface area contributed by atoms with E-state index >= 15 is 0 Å². The summed E-state index contributed by atoms with van der Waals surface area (Å²) in [6, 6.07) is 14.4. The largest absolute Gasteiger partial charge is 0.341 e. The van der Waals surface area contributed by atoms with E-state index in [-0.39, 0.29) is 22.8 Å². The van der Waals surface area contributed by atoms with E-state index < -0.39 is 5.82 Å². The minimum absolute atomic E-state index is 0.000897. The van der Waals surface area contributed by atoms with Crippen molar-refractivity contribution in [3.8, 4) is 11.4 Å². The van der Waals surface area contributed by atoms with E-state index in [1.807, 2.05) is 23.1 Å². The number of halogens is 2. The van der Waals surface area contributed by atoms with E-state index in [0.29, 0.717) is 36.8 Å². The first-order valence-corrected chi connectivity index (χ1v) is 9.51. The fraction of sp³-hybridized carbons (Fsp3) is 0.286. The molecule has 0 bridgehead atoms. The van der Waals surface area contributed by atoms with Crippen molar-refractivity contribution in [1.82, 2.24) is 15.0 Å². The Hall–Kier alpha value is -2.73. The van der Waals surface area contributed by atoms with Crippen molar-refractivity contribution < 1.29 is 13.7 Å². The van der Waals surface area contributed by atoms with Gasteiger partial charge in [-0.3, -0.25) is 4.79 Å². The molecule has 1 aliphatic rings. The van der Waals surface area contributed by atoms with E-state index in [1.54, 1.807) is 6.07 Å². The highest BCUT2D eigenvalue weighted by atomic mass is 35.5. The third kappa shape index (κ3) is 3.78. The van der Waals surface area contributed by atoms with E-state index in [9.17, 15) is 9.18 Å². The smallest absolute Gasteiger partial charge is 0.232 e. The monoisotopic (exact) mass is 399 g/mol. The molecule has 0 aliphatic carbocycles. The third-order valence-corrected chi connectivity index (χ3v) is 5.34. The Kier molecular flexibility index (Phi) is 5.13. The van der Waals surface area contributed by atoms with Gasteiger partial charge in [0, 0.05) is 25.1 Å². The highest BCUT2D eigenvalue weighted by molar-refractivity contribution is 6.31. The van der Waals surface area contributed by atoms with E-state index in [1.165, 1.54) is 17.7 Å². The number of hydrogen-bond donors (Lipinski definition) is 0. The lowest BCUT2D eigenvalue weighted by Crippen LogP contribution is -2.29. The number of hydrogen-bond acceptors (Lipinski definition) is 4. The van der Waals surface area contributed by atoms with Crippen LogP contribution in [0.2, 0.25) is 5.02 Å². The van der Waals surface area contributed by atoms with Crippen molar-refractivity contribution in [2.45, 2.75) is 25.2 Å². The standard InChI is InChI=1S/C21H19ClFN3O2/c1-13(14-5-3-2-4-6-14)11-26-12-16(10-19(26)27)21-24-20(25-28-21)15-7-8-18(23)17(22)9-15/h2-9,13,16H,10-12H2,1H3. The molecule has 4 rings (SSSR count). The molecule has 5 nitrogen and oxygen atoms in total. The zero-order valence-electron chi connectivity index (χ0n) is 15.3. The SMILES string of the molecule is CC(CN1CC(c2nc(-c3ccc(F)c(Cl)c3)no2)CC1=O)c1ccccc1.